The molecule has 7 heteroatoms. The highest BCUT2D eigenvalue weighted by Gasteiger charge is 2.70. The highest BCUT2D eigenvalue weighted by Crippen LogP contribution is 2.68. The molecular formula is C30H42O7. The zero-order valence-electron chi connectivity index (χ0n) is 22.9. The van der Waals surface area contributed by atoms with E-state index in [2.05, 4.69) is 13.8 Å². The van der Waals surface area contributed by atoms with Crippen LogP contribution in [-0.2, 0) is 28.7 Å². The van der Waals surface area contributed by atoms with Crippen LogP contribution in [0.15, 0.2) is 23.8 Å². The van der Waals surface area contributed by atoms with Gasteiger partial charge >= 0.3 is 11.9 Å². The Labute approximate surface area is 220 Å². The average Bonchev–Trinajstić information content (AvgIpc) is 3.14. The number of esters is 2. The topological polar surface area (TPSA) is 107 Å². The minimum Gasteiger partial charge on any atom is -0.457 e. The van der Waals surface area contributed by atoms with Gasteiger partial charge in [-0.2, -0.15) is 0 Å². The lowest BCUT2D eigenvalue weighted by molar-refractivity contribution is -0.202. The summed E-state index contributed by atoms with van der Waals surface area (Å²) in [5.74, 6) is -1.12. The van der Waals surface area contributed by atoms with Crippen molar-refractivity contribution >= 4 is 23.5 Å². The van der Waals surface area contributed by atoms with Crippen molar-refractivity contribution in [2.24, 2.45) is 34.5 Å². The maximum atomic E-state index is 13.8. The quantitative estimate of drug-likeness (QED) is 0.475. The van der Waals surface area contributed by atoms with Crippen LogP contribution in [0.4, 0.5) is 0 Å². The second-order valence-electron chi connectivity index (χ2n) is 12.1. The van der Waals surface area contributed by atoms with Crippen molar-refractivity contribution in [3.63, 3.8) is 0 Å². The van der Waals surface area contributed by atoms with E-state index in [1.54, 1.807) is 19.1 Å². The minimum atomic E-state index is -1.44. The number of aliphatic hydroxyl groups is 1. The molecule has 204 valence electrons. The number of Topliss-reactive ketones (excluding diaryl/α,β-unsaturated/α-hetero) is 1. The van der Waals surface area contributed by atoms with Gasteiger partial charge in [-0.15, -0.1) is 0 Å². The van der Waals surface area contributed by atoms with E-state index >= 15 is 0 Å². The molecule has 0 aliphatic heterocycles. The van der Waals surface area contributed by atoms with Gasteiger partial charge in [0.15, 0.2) is 18.0 Å². The Morgan fingerprint density at radius 1 is 1.16 bits per heavy atom. The van der Waals surface area contributed by atoms with Crippen molar-refractivity contribution in [1.82, 2.24) is 0 Å². The van der Waals surface area contributed by atoms with Crippen molar-refractivity contribution in [2.75, 3.05) is 6.61 Å². The van der Waals surface area contributed by atoms with Gasteiger partial charge in [-0.25, -0.2) is 0 Å². The number of hydrogen-bond acceptors (Lipinski definition) is 7. The van der Waals surface area contributed by atoms with Crippen LogP contribution in [0.1, 0.15) is 86.0 Å². The van der Waals surface area contributed by atoms with Gasteiger partial charge in [-0.1, -0.05) is 52.7 Å². The fourth-order valence-electron chi connectivity index (χ4n) is 8.35. The number of ether oxygens (including phenoxy) is 2. The zero-order chi connectivity index (χ0) is 27.2. The van der Waals surface area contributed by atoms with Crippen LogP contribution in [0.3, 0.4) is 0 Å². The highest BCUT2D eigenvalue weighted by atomic mass is 16.6. The first-order chi connectivity index (χ1) is 17.4. The zero-order valence-corrected chi connectivity index (χ0v) is 22.9. The van der Waals surface area contributed by atoms with E-state index in [1.807, 2.05) is 19.9 Å². The minimum absolute atomic E-state index is 0.0148. The first kappa shape index (κ1) is 27.7. The summed E-state index contributed by atoms with van der Waals surface area (Å²) >= 11 is 0. The monoisotopic (exact) mass is 514 g/mol. The molecule has 4 aliphatic rings. The van der Waals surface area contributed by atoms with E-state index in [-0.39, 0.29) is 42.3 Å². The van der Waals surface area contributed by atoms with Crippen molar-refractivity contribution in [2.45, 2.75) is 97.7 Å². The van der Waals surface area contributed by atoms with E-state index in [0.29, 0.717) is 25.7 Å². The lowest BCUT2D eigenvalue weighted by atomic mass is 9.44. The number of rotatable bonds is 8. The van der Waals surface area contributed by atoms with Gasteiger partial charge in [0, 0.05) is 29.6 Å². The Kier molecular flexibility index (Phi) is 7.59. The molecule has 1 N–H and O–H groups in total. The second-order valence-corrected chi connectivity index (χ2v) is 12.1. The standard InChI is InChI=1S/C30H42O7/c1-6-8-9-26(35)37-30(24(33)17-36-25(34)7-2)13-11-21-20-14-18(3)22-15-19(31)10-12-28(22,4)27(20)23(32)16-29(21,30)5/h10,12,15,18,20-21,23,27,32H,6-9,11,13-14,16-17H2,1-5H3/t18-,20-,21-,23-,27+,28-,29-,30-/m0/s1. The average molecular weight is 515 g/mol. The first-order valence-corrected chi connectivity index (χ1v) is 14.0. The number of carbonyl (C=O) groups is 4. The molecule has 0 saturated heterocycles. The predicted molar refractivity (Wildman–Crippen MR) is 137 cm³/mol. The number of carbonyl (C=O) groups excluding carboxylic acids is 4. The number of unbranched alkanes of at least 4 members (excludes halogenated alkanes) is 1. The fraction of sp³-hybridized carbons (Fsp3) is 0.733. The van der Waals surface area contributed by atoms with Crippen LogP contribution in [-0.4, -0.2) is 46.9 Å². The number of ketones is 2. The molecule has 3 fully saturated rings. The molecule has 0 aromatic rings. The Bertz CT molecular complexity index is 1030. The Balaban J connectivity index is 1.72. The van der Waals surface area contributed by atoms with Gasteiger partial charge in [0.1, 0.15) is 0 Å². The third-order valence-electron chi connectivity index (χ3n) is 10.1. The fourth-order valence-corrected chi connectivity index (χ4v) is 8.35. The summed E-state index contributed by atoms with van der Waals surface area (Å²) in [6.45, 7) is 9.45. The van der Waals surface area contributed by atoms with Crippen molar-refractivity contribution in [1.29, 1.82) is 0 Å². The maximum absolute atomic E-state index is 13.8. The maximum Gasteiger partial charge on any atom is 0.306 e. The lowest BCUT2D eigenvalue weighted by Gasteiger charge is -2.61. The van der Waals surface area contributed by atoms with E-state index in [9.17, 15) is 24.3 Å². The van der Waals surface area contributed by atoms with Crippen LogP contribution >= 0.6 is 0 Å². The second kappa shape index (κ2) is 10.1. The molecule has 0 aromatic carbocycles. The van der Waals surface area contributed by atoms with E-state index < -0.39 is 46.9 Å². The van der Waals surface area contributed by atoms with Gasteiger partial charge in [0.2, 0.25) is 5.78 Å². The van der Waals surface area contributed by atoms with Gasteiger partial charge < -0.3 is 14.6 Å². The smallest absolute Gasteiger partial charge is 0.306 e. The summed E-state index contributed by atoms with van der Waals surface area (Å²) in [6, 6.07) is 0. The molecular weight excluding hydrogens is 472 g/mol. The summed E-state index contributed by atoms with van der Waals surface area (Å²) < 4.78 is 11.4. The van der Waals surface area contributed by atoms with Crippen LogP contribution in [0.25, 0.3) is 0 Å². The normalized spacial score (nSPS) is 40.2. The van der Waals surface area contributed by atoms with E-state index in [4.69, 9.17) is 9.47 Å². The molecule has 0 spiro atoms. The van der Waals surface area contributed by atoms with Crippen LogP contribution in [0.5, 0.6) is 0 Å². The van der Waals surface area contributed by atoms with Crippen molar-refractivity contribution < 1.29 is 33.8 Å². The Morgan fingerprint density at radius 3 is 2.57 bits per heavy atom. The highest BCUT2D eigenvalue weighted by molar-refractivity contribution is 6.01. The summed E-state index contributed by atoms with van der Waals surface area (Å²) in [7, 11) is 0. The third kappa shape index (κ3) is 4.41. The molecule has 4 aliphatic carbocycles. The first-order valence-electron chi connectivity index (χ1n) is 14.0. The van der Waals surface area contributed by atoms with Crippen LogP contribution in [0, 0.1) is 34.5 Å². The Hall–Kier alpha value is -2.28. The number of allylic oxidation sites excluding steroid dienone is 4. The van der Waals surface area contributed by atoms with Gasteiger partial charge in [0.25, 0.3) is 0 Å². The van der Waals surface area contributed by atoms with Crippen LogP contribution < -0.4 is 0 Å². The molecule has 37 heavy (non-hydrogen) atoms. The summed E-state index contributed by atoms with van der Waals surface area (Å²) in [5.41, 5.74) is -1.61. The van der Waals surface area contributed by atoms with Gasteiger partial charge in [-0.3, -0.25) is 19.2 Å². The molecule has 4 rings (SSSR count). The van der Waals surface area contributed by atoms with Crippen molar-refractivity contribution in [3.8, 4) is 0 Å². The van der Waals surface area contributed by atoms with E-state index in [1.165, 1.54) is 0 Å². The molecule has 7 nitrogen and oxygen atoms in total. The van der Waals surface area contributed by atoms with Crippen molar-refractivity contribution in [3.05, 3.63) is 23.8 Å². The predicted octanol–water partition coefficient (Wildman–Crippen LogP) is 4.51. The molecule has 0 amide bonds. The molecule has 3 saturated carbocycles. The number of hydrogen-bond donors (Lipinski definition) is 1. The third-order valence-corrected chi connectivity index (χ3v) is 10.1. The largest absolute Gasteiger partial charge is 0.457 e. The summed E-state index contributed by atoms with van der Waals surface area (Å²) in [6.07, 6.45) is 8.56. The van der Waals surface area contributed by atoms with Crippen LogP contribution in [0.2, 0.25) is 0 Å². The molecule has 0 unspecified atom stereocenters. The van der Waals surface area contributed by atoms with Gasteiger partial charge in [0.05, 0.1) is 6.10 Å². The van der Waals surface area contributed by atoms with E-state index in [0.717, 1.165) is 18.4 Å². The summed E-state index contributed by atoms with van der Waals surface area (Å²) in [5, 5.41) is 11.7. The van der Waals surface area contributed by atoms with Gasteiger partial charge in [-0.05, 0) is 62.0 Å². The SMILES string of the molecule is CCCCC(=O)O[C@]1(C(=O)COC(=O)CC)CC[C@H]2[C@@H]3C[C@H](C)C4=CC(=O)C=C[C@]4(C)[C@H]3[C@@H](O)C[C@@]21C. The Morgan fingerprint density at radius 2 is 1.89 bits per heavy atom. The lowest BCUT2D eigenvalue weighted by Crippen LogP contribution is -2.63. The molecule has 8 atom stereocenters. The molecule has 0 heterocycles. The summed E-state index contributed by atoms with van der Waals surface area (Å²) in [4.78, 5) is 50.9. The number of aliphatic hydroxyl groups excluding tert-OH is 1. The number of fused-ring (bicyclic) bond motifs is 5. The molecule has 0 bridgehead atoms. The molecule has 0 radical (unpaired) electrons. The molecule has 0 aromatic heterocycles.